The maximum Gasteiger partial charge on any atom is 0.257 e. The number of thiazole rings is 1. The van der Waals surface area contributed by atoms with Crippen molar-refractivity contribution in [3.63, 3.8) is 0 Å². The quantitative estimate of drug-likeness (QED) is 0.195. The van der Waals surface area contributed by atoms with E-state index >= 15 is 0 Å². The fraction of sp³-hybridized carbons (Fsp3) is 0.310. The molecule has 3 aromatic heterocycles. The van der Waals surface area contributed by atoms with Gasteiger partial charge < -0.3 is 14.6 Å². The second-order valence-corrected chi connectivity index (χ2v) is 12.1. The number of benzene rings is 2. The van der Waals surface area contributed by atoms with Crippen molar-refractivity contribution in [1.82, 2.24) is 29.6 Å². The van der Waals surface area contributed by atoms with E-state index in [2.05, 4.69) is 20.6 Å². The zero-order valence-electron chi connectivity index (χ0n) is 23.1. The lowest BCUT2D eigenvalue weighted by Crippen LogP contribution is -2.34. The summed E-state index contributed by atoms with van der Waals surface area (Å²) < 4.78 is 23.7. The molecular weight excluding hydrogens is 671 g/mol. The number of anilines is 1. The molecule has 0 unspecified atom stereocenters. The van der Waals surface area contributed by atoms with E-state index in [0.29, 0.717) is 43.0 Å². The SMILES string of the molecule is Cl.Cl.O=C(Nc1nccs1)[C@@H](c1ncn2c1C[C@@H](F)C2)n1cc2c(Cl)cc(-c3ccc(OC4CCNCC4)cc3)c(Cl)c2n1. The van der Waals surface area contributed by atoms with Crippen LogP contribution in [0.1, 0.15) is 30.3 Å². The van der Waals surface area contributed by atoms with Crippen LogP contribution in [0, 0.1) is 0 Å². The molecule has 0 saturated carbocycles. The number of piperidine rings is 1. The molecule has 15 heteroatoms. The number of alkyl halides is 1. The first kappa shape index (κ1) is 32.5. The number of fused-ring (bicyclic) bond motifs is 2. The summed E-state index contributed by atoms with van der Waals surface area (Å²) >= 11 is 15.0. The Morgan fingerprint density at radius 2 is 1.93 bits per heavy atom. The summed E-state index contributed by atoms with van der Waals surface area (Å²) in [5.74, 6) is 0.397. The Labute approximate surface area is 278 Å². The van der Waals surface area contributed by atoms with Crippen LogP contribution < -0.4 is 15.4 Å². The molecule has 0 radical (unpaired) electrons. The maximum atomic E-state index is 14.3. The molecule has 0 spiro atoms. The van der Waals surface area contributed by atoms with Gasteiger partial charge in [-0.1, -0.05) is 35.3 Å². The van der Waals surface area contributed by atoms with Crippen LogP contribution in [0.3, 0.4) is 0 Å². The van der Waals surface area contributed by atoms with Crippen LogP contribution in [0.2, 0.25) is 10.0 Å². The van der Waals surface area contributed by atoms with E-state index in [-0.39, 0.29) is 43.9 Å². The molecule has 7 rings (SSSR count). The van der Waals surface area contributed by atoms with E-state index in [1.54, 1.807) is 34.7 Å². The largest absolute Gasteiger partial charge is 0.490 e. The topological polar surface area (TPSA) is 98.9 Å². The van der Waals surface area contributed by atoms with Gasteiger partial charge in [0.2, 0.25) is 0 Å². The van der Waals surface area contributed by atoms with Crippen molar-refractivity contribution >= 4 is 81.3 Å². The Balaban J connectivity index is 0.00000192. The van der Waals surface area contributed by atoms with Crippen LogP contribution in [0.25, 0.3) is 22.0 Å². The van der Waals surface area contributed by atoms with Crippen molar-refractivity contribution in [3.05, 3.63) is 75.9 Å². The monoisotopic (exact) mass is 697 g/mol. The Morgan fingerprint density at radius 3 is 2.66 bits per heavy atom. The van der Waals surface area contributed by atoms with E-state index in [9.17, 15) is 9.18 Å². The fourth-order valence-corrected chi connectivity index (χ4v) is 6.71. The molecule has 2 N–H and O–H groups in total. The van der Waals surface area contributed by atoms with Crippen LogP contribution in [0.4, 0.5) is 9.52 Å². The molecule has 1 amide bonds. The van der Waals surface area contributed by atoms with Crippen LogP contribution in [0.5, 0.6) is 5.75 Å². The molecule has 5 heterocycles. The minimum atomic E-state index is -1.04. The Bertz CT molecular complexity index is 1760. The normalized spacial score (nSPS) is 17.0. The fourth-order valence-electron chi connectivity index (χ4n) is 5.63. The maximum absolute atomic E-state index is 14.3. The summed E-state index contributed by atoms with van der Waals surface area (Å²) in [5.41, 5.74) is 3.09. The molecular formula is C29H28Cl4FN7O2S. The van der Waals surface area contributed by atoms with Gasteiger partial charge in [-0.15, -0.1) is 36.2 Å². The van der Waals surface area contributed by atoms with E-state index in [1.807, 2.05) is 24.3 Å². The van der Waals surface area contributed by atoms with Gasteiger partial charge in [-0.25, -0.2) is 14.4 Å². The summed E-state index contributed by atoms with van der Waals surface area (Å²) in [4.78, 5) is 22.3. The number of carbonyl (C=O) groups is 1. The molecule has 44 heavy (non-hydrogen) atoms. The predicted octanol–water partition coefficient (Wildman–Crippen LogP) is 6.76. The lowest BCUT2D eigenvalue weighted by atomic mass is 10.0. The third-order valence-corrected chi connectivity index (χ3v) is 9.07. The van der Waals surface area contributed by atoms with Crippen molar-refractivity contribution < 1.29 is 13.9 Å². The smallest absolute Gasteiger partial charge is 0.257 e. The summed E-state index contributed by atoms with van der Waals surface area (Å²) in [5, 5.41) is 14.6. The number of rotatable bonds is 7. The third kappa shape index (κ3) is 6.27. The number of hydrogen-bond acceptors (Lipinski definition) is 7. The lowest BCUT2D eigenvalue weighted by Gasteiger charge is -2.23. The molecule has 232 valence electrons. The minimum Gasteiger partial charge on any atom is -0.490 e. The molecule has 2 aliphatic heterocycles. The van der Waals surface area contributed by atoms with Gasteiger partial charge in [0, 0.05) is 40.8 Å². The number of imidazole rings is 1. The zero-order chi connectivity index (χ0) is 28.8. The van der Waals surface area contributed by atoms with Crippen LogP contribution in [-0.2, 0) is 17.8 Å². The molecule has 2 aliphatic rings. The molecule has 0 aliphatic carbocycles. The van der Waals surface area contributed by atoms with Gasteiger partial charge in [-0.05, 0) is 49.7 Å². The van der Waals surface area contributed by atoms with E-state index in [4.69, 9.17) is 33.0 Å². The first-order valence-corrected chi connectivity index (χ1v) is 15.3. The second-order valence-electron chi connectivity index (χ2n) is 10.4. The number of halogens is 5. The summed E-state index contributed by atoms with van der Waals surface area (Å²) in [6, 6.07) is 8.56. The highest BCUT2D eigenvalue weighted by Gasteiger charge is 2.34. The highest BCUT2D eigenvalue weighted by molar-refractivity contribution is 7.13. The molecule has 2 aromatic carbocycles. The minimum absolute atomic E-state index is 0. The first-order chi connectivity index (χ1) is 20.4. The molecule has 1 saturated heterocycles. The molecule has 5 aromatic rings. The van der Waals surface area contributed by atoms with E-state index < -0.39 is 18.1 Å². The van der Waals surface area contributed by atoms with Crippen molar-refractivity contribution in [1.29, 1.82) is 0 Å². The molecule has 0 bridgehead atoms. The number of carbonyl (C=O) groups excluding carboxylic acids is 1. The van der Waals surface area contributed by atoms with E-state index in [1.165, 1.54) is 16.0 Å². The van der Waals surface area contributed by atoms with Crippen LogP contribution in [-0.4, -0.2) is 55.6 Å². The standard InChI is InChI=1S/C29H26Cl2FN7O2S.2ClH/c30-22-12-20(16-1-3-18(4-2-16)41-19-5-7-33-8-6-19)24(31)25-21(22)14-39(37-25)27(28(40)36-29-34-9-10-42-29)26-23-11-17(32)13-38(23)15-35-26;;/h1-4,9-10,12,14-15,17,19,27,33H,5-8,11,13H2,(H,34,36,40);2*1H/t17-,27-;;/m1../s1. The Kier molecular flexibility index (Phi) is 10.0. The van der Waals surface area contributed by atoms with Gasteiger partial charge in [0.05, 0.1) is 28.6 Å². The first-order valence-electron chi connectivity index (χ1n) is 13.7. The number of ether oxygens (including phenoxy) is 1. The second kappa shape index (κ2) is 13.6. The lowest BCUT2D eigenvalue weighted by molar-refractivity contribution is -0.118. The average Bonchev–Trinajstić information content (AvgIpc) is 3.79. The Hall–Kier alpha value is -2.93. The van der Waals surface area contributed by atoms with Crippen molar-refractivity contribution in [2.45, 2.75) is 44.1 Å². The third-order valence-electron chi connectivity index (χ3n) is 7.68. The highest BCUT2D eigenvalue weighted by atomic mass is 35.5. The van der Waals surface area contributed by atoms with Gasteiger partial charge in [-0.3, -0.25) is 14.8 Å². The average molecular weight is 699 g/mol. The summed E-state index contributed by atoms with van der Waals surface area (Å²) in [6.07, 6.45) is 6.12. The van der Waals surface area contributed by atoms with Gasteiger partial charge in [0.25, 0.3) is 5.91 Å². The van der Waals surface area contributed by atoms with Gasteiger partial charge >= 0.3 is 0 Å². The number of nitrogens with zero attached hydrogens (tertiary/aromatic N) is 5. The van der Waals surface area contributed by atoms with E-state index in [0.717, 1.165) is 37.2 Å². The van der Waals surface area contributed by atoms with Crippen LogP contribution >= 0.6 is 59.4 Å². The molecule has 2 atom stereocenters. The number of aromatic nitrogens is 5. The van der Waals surface area contributed by atoms with Crippen molar-refractivity contribution in [2.24, 2.45) is 0 Å². The van der Waals surface area contributed by atoms with Crippen LogP contribution in [0.15, 0.2) is 54.4 Å². The van der Waals surface area contributed by atoms with Gasteiger partial charge in [-0.2, -0.15) is 5.10 Å². The number of hydrogen-bond donors (Lipinski definition) is 2. The zero-order valence-corrected chi connectivity index (χ0v) is 27.0. The predicted molar refractivity (Wildman–Crippen MR) is 176 cm³/mol. The van der Waals surface area contributed by atoms with Crippen molar-refractivity contribution in [3.8, 4) is 16.9 Å². The number of nitrogens with one attached hydrogen (secondary N) is 2. The summed E-state index contributed by atoms with van der Waals surface area (Å²) in [7, 11) is 0. The highest BCUT2D eigenvalue weighted by Crippen LogP contribution is 2.40. The van der Waals surface area contributed by atoms with Gasteiger partial charge in [0.15, 0.2) is 11.2 Å². The summed E-state index contributed by atoms with van der Waals surface area (Å²) in [6.45, 7) is 2.11. The molecule has 9 nitrogen and oxygen atoms in total. The number of amides is 1. The van der Waals surface area contributed by atoms with Crippen molar-refractivity contribution in [2.75, 3.05) is 18.4 Å². The van der Waals surface area contributed by atoms with Gasteiger partial charge in [0.1, 0.15) is 23.5 Å². The Morgan fingerprint density at radius 1 is 1.16 bits per heavy atom. The molecule has 1 fully saturated rings.